The van der Waals surface area contributed by atoms with E-state index in [2.05, 4.69) is 72.5 Å². The zero-order valence-electron chi connectivity index (χ0n) is 19.0. The molecule has 1 aromatic heterocycles. The Morgan fingerprint density at radius 3 is 2.66 bits per heavy atom. The molecule has 2 aromatic rings. The van der Waals surface area contributed by atoms with Crippen LogP contribution in [0.3, 0.4) is 0 Å². The second-order valence-corrected chi connectivity index (χ2v) is 8.96. The van der Waals surface area contributed by atoms with Crippen molar-refractivity contribution in [2.75, 3.05) is 51.3 Å². The molecule has 3 fully saturated rings. The van der Waals surface area contributed by atoms with Crippen molar-refractivity contribution in [3.63, 3.8) is 0 Å². The van der Waals surface area contributed by atoms with E-state index in [4.69, 9.17) is 4.74 Å². The number of benzene rings is 1. The Bertz CT molecular complexity index is 896. The number of nitrogens with one attached hydrogen (secondary N) is 1. The fourth-order valence-corrected chi connectivity index (χ4v) is 5.11. The first kappa shape index (κ1) is 21.2. The number of ether oxygens (including phenoxy) is 1. The number of fused-ring (bicyclic) bond motifs is 1. The second-order valence-electron chi connectivity index (χ2n) is 8.96. The van der Waals surface area contributed by atoms with Crippen molar-refractivity contribution < 1.29 is 4.74 Å². The number of morpholine rings is 1. The molecule has 0 aliphatic carbocycles. The average Bonchev–Trinajstić information content (AvgIpc) is 3.52. The molecule has 3 aliphatic rings. The Labute approximate surface area is 191 Å². The molecule has 3 saturated heterocycles. The van der Waals surface area contributed by atoms with Crippen molar-refractivity contribution in [3.8, 4) is 0 Å². The van der Waals surface area contributed by atoms with Crippen LogP contribution in [0, 0.1) is 0 Å². The van der Waals surface area contributed by atoms with E-state index in [9.17, 15) is 0 Å². The average molecular weight is 435 g/mol. The molecule has 2 atom stereocenters. The zero-order valence-corrected chi connectivity index (χ0v) is 19.0. The van der Waals surface area contributed by atoms with E-state index >= 15 is 0 Å². The molecular formula is C25H34N6O. The van der Waals surface area contributed by atoms with E-state index in [0.717, 1.165) is 64.2 Å². The molecule has 5 rings (SSSR count). The number of aliphatic imine (C=N–C) groups is 1. The number of guanidine groups is 1. The molecule has 3 aliphatic heterocycles. The van der Waals surface area contributed by atoms with Crippen LogP contribution in [-0.4, -0.2) is 79.3 Å². The van der Waals surface area contributed by atoms with E-state index in [1.165, 1.54) is 24.0 Å². The van der Waals surface area contributed by atoms with Gasteiger partial charge in [0.2, 0.25) is 0 Å². The van der Waals surface area contributed by atoms with Gasteiger partial charge in [0.15, 0.2) is 5.96 Å². The summed E-state index contributed by atoms with van der Waals surface area (Å²) in [6, 6.07) is 15.4. The van der Waals surface area contributed by atoms with Crippen LogP contribution in [0.15, 0.2) is 53.7 Å². The third-order valence-corrected chi connectivity index (χ3v) is 6.85. The molecule has 0 bridgehead atoms. The fourth-order valence-electron chi connectivity index (χ4n) is 5.11. The molecule has 0 spiro atoms. The summed E-state index contributed by atoms with van der Waals surface area (Å²) in [5.74, 6) is 2.03. The van der Waals surface area contributed by atoms with Crippen molar-refractivity contribution in [1.82, 2.24) is 20.1 Å². The molecule has 170 valence electrons. The first-order chi connectivity index (χ1) is 15.8. The largest absolute Gasteiger partial charge is 0.373 e. The minimum absolute atomic E-state index is 0.229. The summed E-state index contributed by atoms with van der Waals surface area (Å²) in [7, 11) is 1.86. The van der Waals surface area contributed by atoms with E-state index in [1.807, 2.05) is 13.2 Å². The minimum atomic E-state index is 0.229. The molecule has 7 nitrogen and oxygen atoms in total. The van der Waals surface area contributed by atoms with Crippen LogP contribution >= 0.6 is 0 Å². The van der Waals surface area contributed by atoms with Gasteiger partial charge in [0.25, 0.3) is 0 Å². The zero-order chi connectivity index (χ0) is 21.8. The van der Waals surface area contributed by atoms with Crippen LogP contribution in [-0.2, 0) is 17.8 Å². The quantitative estimate of drug-likeness (QED) is 0.576. The Hall–Kier alpha value is -2.64. The topological polar surface area (TPSA) is 56.2 Å². The Kier molecular flexibility index (Phi) is 6.55. The molecule has 7 heteroatoms. The van der Waals surface area contributed by atoms with Crippen LogP contribution in [0.5, 0.6) is 0 Å². The molecule has 1 N–H and O–H groups in total. The number of anilines is 1. The van der Waals surface area contributed by atoms with Gasteiger partial charge >= 0.3 is 0 Å². The summed E-state index contributed by atoms with van der Waals surface area (Å²) < 4.78 is 6.14. The SMILES string of the molecule is CN=C(NCc1ccc(N2CCCC2)nc1)N1CC2OCCN(Cc3ccccc3)C2C1. The van der Waals surface area contributed by atoms with Gasteiger partial charge in [0.05, 0.1) is 18.8 Å². The Morgan fingerprint density at radius 1 is 1.06 bits per heavy atom. The number of aromatic nitrogens is 1. The number of likely N-dealkylation sites (tertiary alicyclic amines) is 1. The fraction of sp³-hybridized carbons (Fsp3) is 0.520. The maximum absolute atomic E-state index is 6.14. The predicted molar refractivity (Wildman–Crippen MR) is 128 cm³/mol. The first-order valence-corrected chi connectivity index (χ1v) is 11.9. The summed E-state index contributed by atoms with van der Waals surface area (Å²) in [6.45, 7) is 7.52. The molecule has 4 heterocycles. The van der Waals surface area contributed by atoms with E-state index in [-0.39, 0.29) is 6.10 Å². The monoisotopic (exact) mass is 434 g/mol. The lowest BCUT2D eigenvalue weighted by Crippen LogP contribution is -2.50. The van der Waals surface area contributed by atoms with E-state index in [1.54, 1.807) is 0 Å². The first-order valence-electron chi connectivity index (χ1n) is 11.9. The number of hydrogen-bond donors (Lipinski definition) is 1. The smallest absolute Gasteiger partial charge is 0.194 e. The van der Waals surface area contributed by atoms with Gasteiger partial charge in [-0.1, -0.05) is 36.4 Å². The summed E-state index contributed by atoms with van der Waals surface area (Å²) in [4.78, 5) is 16.5. The number of rotatable bonds is 5. The molecule has 0 amide bonds. The van der Waals surface area contributed by atoms with Crippen molar-refractivity contribution in [1.29, 1.82) is 0 Å². The highest BCUT2D eigenvalue weighted by Gasteiger charge is 2.41. The second kappa shape index (κ2) is 9.88. The van der Waals surface area contributed by atoms with Gasteiger partial charge < -0.3 is 19.9 Å². The van der Waals surface area contributed by atoms with Crippen LogP contribution in [0.2, 0.25) is 0 Å². The number of pyridine rings is 1. The van der Waals surface area contributed by atoms with Crippen LogP contribution in [0.4, 0.5) is 5.82 Å². The van der Waals surface area contributed by atoms with Gasteiger partial charge in [-0.15, -0.1) is 0 Å². The number of nitrogens with zero attached hydrogens (tertiary/aromatic N) is 5. The normalized spacial score (nSPS) is 24.1. The standard InChI is InChI=1S/C25H34N6O/c1-26-25(28-16-21-9-10-24(27-15-21)29-11-5-6-12-29)31-18-22-23(19-31)32-14-13-30(22)17-20-7-3-2-4-8-20/h2-4,7-10,15,22-23H,5-6,11-14,16-19H2,1H3,(H,26,28). The molecule has 2 unspecified atom stereocenters. The van der Waals surface area contributed by atoms with Crippen LogP contribution < -0.4 is 10.2 Å². The molecule has 32 heavy (non-hydrogen) atoms. The lowest BCUT2D eigenvalue weighted by Gasteiger charge is -2.36. The summed E-state index contributed by atoms with van der Waals surface area (Å²) in [5, 5.41) is 3.54. The summed E-state index contributed by atoms with van der Waals surface area (Å²) in [5.41, 5.74) is 2.53. The highest BCUT2D eigenvalue weighted by Crippen LogP contribution is 2.25. The molecular weight excluding hydrogens is 400 g/mol. The lowest BCUT2D eigenvalue weighted by atomic mass is 10.1. The van der Waals surface area contributed by atoms with Gasteiger partial charge in [-0.2, -0.15) is 0 Å². The number of hydrogen-bond acceptors (Lipinski definition) is 5. The summed E-state index contributed by atoms with van der Waals surface area (Å²) in [6.07, 6.45) is 4.76. The Balaban J connectivity index is 1.18. The Morgan fingerprint density at radius 2 is 1.91 bits per heavy atom. The van der Waals surface area contributed by atoms with Crippen molar-refractivity contribution in [3.05, 3.63) is 59.8 Å². The molecule has 0 saturated carbocycles. The van der Waals surface area contributed by atoms with Crippen molar-refractivity contribution in [2.45, 2.75) is 38.1 Å². The van der Waals surface area contributed by atoms with Crippen LogP contribution in [0.25, 0.3) is 0 Å². The maximum Gasteiger partial charge on any atom is 0.194 e. The minimum Gasteiger partial charge on any atom is -0.373 e. The van der Waals surface area contributed by atoms with Gasteiger partial charge in [-0.05, 0) is 30.0 Å². The molecule has 0 radical (unpaired) electrons. The third-order valence-electron chi connectivity index (χ3n) is 6.85. The van der Waals surface area contributed by atoms with Gasteiger partial charge in [0, 0.05) is 59.1 Å². The van der Waals surface area contributed by atoms with Gasteiger partial charge in [0.1, 0.15) is 5.82 Å². The maximum atomic E-state index is 6.14. The molecule has 1 aromatic carbocycles. The van der Waals surface area contributed by atoms with Crippen molar-refractivity contribution in [2.24, 2.45) is 4.99 Å². The van der Waals surface area contributed by atoms with Gasteiger partial charge in [-0.25, -0.2) is 4.98 Å². The highest BCUT2D eigenvalue weighted by atomic mass is 16.5. The van der Waals surface area contributed by atoms with Gasteiger partial charge in [-0.3, -0.25) is 9.89 Å². The van der Waals surface area contributed by atoms with E-state index < -0.39 is 0 Å². The highest BCUT2D eigenvalue weighted by molar-refractivity contribution is 5.80. The van der Waals surface area contributed by atoms with Crippen LogP contribution in [0.1, 0.15) is 24.0 Å². The van der Waals surface area contributed by atoms with Crippen molar-refractivity contribution >= 4 is 11.8 Å². The predicted octanol–water partition coefficient (Wildman–Crippen LogP) is 2.34. The lowest BCUT2D eigenvalue weighted by molar-refractivity contribution is -0.0502. The van der Waals surface area contributed by atoms with E-state index in [0.29, 0.717) is 6.04 Å². The summed E-state index contributed by atoms with van der Waals surface area (Å²) >= 11 is 0. The third kappa shape index (κ3) is 4.74.